The van der Waals surface area contributed by atoms with Gasteiger partial charge in [0.1, 0.15) is 11.6 Å². The molecule has 0 unspecified atom stereocenters. The molecule has 0 aromatic carbocycles. The standard InChI is InChI=1S/C18H21N9O4/c1-26-6-5-20-17(26)18(31)22-10-7-12(27(2)9-10)25-14(29)4-3-13(28)23-11-8-21-16(24-11)15(19)30/h5-9H,3-4H2,1-2H3,(H2,19,30)(H,21,24)(H,22,31)(H,23,28)(H,25,29). The molecule has 0 bridgehead atoms. The number of imidazole rings is 2. The van der Waals surface area contributed by atoms with Crippen molar-refractivity contribution in [3.05, 3.63) is 42.5 Å². The molecule has 0 spiro atoms. The molecule has 0 atom stereocenters. The Morgan fingerprint density at radius 2 is 1.74 bits per heavy atom. The maximum Gasteiger partial charge on any atom is 0.291 e. The fourth-order valence-corrected chi connectivity index (χ4v) is 2.68. The minimum atomic E-state index is -0.752. The lowest BCUT2D eigenvalue weighted by Gasteiger charge is -2.06. The molecule has 3 rings (SSSR count). The number of anilines is 3. The SMILES string of the molecule is Cn1cc(NC(=O)c2nccn2C)cc1NC(=O)CCC(=O)Nc1cnc(C(N)=O)[nH]1. The maximum absolute atomic E-state index is 12.2. The van der Waals surface area contributed by atoms with Gasteiger partial charge in [-0.15, -0.1) is 0 Å². The van der Waals surface area contributed by atoms with Gasteiger partial charge in [-0.25, -0.2) is 9.97 Å². The number of nitrogens with zero attached hydrogens (tertiary/aromatic N) is 4. The molecule has 162 valence electrons. The van der Waals surface area contributed by atoms with Crippen molar-refractivity contribution in [3.63, 3.8) is 0 Å². The van der Waals surface area contributed by atoms with E-state index in [1.165, 1.54) is 12.4 Å². The second kappa shape index (κ2) is 8.94. The van der Waals surface area contributed by atoms with Crippen LogP contribution in [0.2, 0.25) is 0 Å². The van der Waals surface area contributed by atoms with Gasteiger partial charge >= 0.3 is 0 Å². The lowest BCUT2D eigenvalue weighted by Crippen LogP contribution is -2.18. The molecule has 0 fully saturated rings. The van der Waals surface area contributed by atoms with Gasteiger partial charge in [0, 0.05) is 51.6 Å². The summed E-state index contributed by atoms with van der Waals surface area (Å²) >= 11 is 0. The molecule has 0 saturated heterocycles. The molecule has 4 amide bonds. The van der Waals surface area contributed by atoms with E-state index in [-0.39, 0.29) is 42.1 Å². The summed E-state index contributed by atoms with van der Waals surface area (Å²) in [5, 5.41) is 7.87. The van der Waals surface area contributed by atoms with Crippen molar-refractivity contribution in [2.24, 2.45) is 19.8 Å². The van der Waals surface area contributed by atoms with Crippen LogP contribution in [0.25, 0.3) is 0 Å². The number of aromatic nitrogens is 5. The summed E-state index contributed by atoms with van der Waals surface area (Å²) in [6, 6.07) is 1.59. The minimum absolute atomic E-state index is 0.0806. The number of hydrogen-bond donors (Lipinski definition) is 5. The van der Waals surface area contributed by atoms with Crippen LogP contribution >= 0.6 is 0 Å². The first-order valence-electron chi connectivity index (χ1n) is 9.12. The number of nitrogens with one attached hydrogen (secondary N) is 4. The highest BCUT2D eigenvalue weighted by atomic mass is 16.2. The summed E-state index contributed by atoms with van der Waals surface area (Å²) < 4.78 is 3.21. The van der Waals surface area contributed by atoms with Crippen LogP contribution in [0.15, 0.2) is 30.9 Å². The Balaban J connectivity index is 1.50. The molecule has 13 heteroatoms. The van der Waals surface area contributed by atoms with Crippen molar-refractivity contribution in [2.45, 2.75) is 12.8 Å². The highest BCUT2D eigenvalue weighted by molar-refractivity contribution is 6.02. The number of amides is 4. The van der Waals surface area contributed by atoms with Crippen molar-refractivity contribution in [3.8, 4) is 0 Å². The van der Waals surface area contributed by atoms with E-state index in [4.69, 9.17) is 5.73 Å². The van der Waals surface area contributed by atoms with E-state index in [2.05, 4.69) is 30.9 Å². The Bertz CT molecular complexity index is 1140. The molecule has 3 aromatic rings. The molecule has 0 aliphatic heterocycles. The zero-order chi connectivity index (χ0) is 22.5. The summed E-state index contributed by atoms with van der Waals surface area (Å²) in [5.41, 5.74) is 5.55. The summed E-state index contributed by atoms with van der Waals surface area (Å²) in [7, 11) is 3.41. The Labute approximate surface area is 176 Å². The molecule has 3 heterocycles. The predicted octanol–water partition coefficient (Wildman–Crippen LogP) is 0.190. The molecule has 0 radical (unpaired) electrons. The van der Waals surface area contributed by atoms with Crippen molar-refractivity contribution >= 4 is 41.0 Å². The number of primary amides is 1. The first-order chi connectivity index (χ1) is 14.7. The lowest BCUT2D eigenvalue weighted by atomic mass is 10.3. The topological polar surface area (TPSA) is 182 Å². The van der Waals surface area contributed by atoms with Gasteiger partial charge < -0.3 is 35.8 Å². The van der Waals surface area contributed by atoms with Gasteiger partial charge in [-0.05, 0) is 0 Å². The number of rotatable bonds is 8. The van der Waals surface area contributed by atoms with Gasteiger partial charge in [0.15, 0.2) is 11.6 Å². The van der Waals surface area contributed by atoms with Crippen LogP contribution < -0.4 is 21.7 Å². The van der Waals surface area contributed by atoms with Gasteiger partial charge in [-0.2, -0.15) is 0 Å². The molecule has 0 saturated carbocycles. The van der Waals surface area contributed by atoms with Crippen molar-refractivity contribution in [1.82, 2.24) is 24.1 Å². The molecular formula is C18H21N9O4. The smallest absolute Gasteiger partial charge is 0.291 e. The number of H-pyrrole nitrogens is 1. The Morgan fingerprint density at radius 3 is 2.35 bits per heavy atom. The third-order valence-electron chi connectivity index (χ3n) is 4.22. The van der Waals surface area contributed by atoms with Gasteiger partial charge in [0.05, 0.1) is 11.9 Å². The Hall–Kier alpha value is -4.42. The van der Waals surface area contributed by atoms with Gasteiger partial charge in [-0.1, -0.05) is 0 Å². The van der Waals surface area contributed by atoms with Crippen LogP contribution in [-0.2, 0) is 23.7 Å². The quantitative estimate of drug-likeness (QED) is 0.342. The minimum Gasteiger partial charge on any atom is -0.363 e. The third kappa shape index (κ3) is 5.35. The van der Waals surface area contributed by atoms with E-state index >= 15 is 0 Å². The second-order valence-electron chi connectivity index (χ2n) is 6.65. The summed E-state index contributed by atoms with van der Waals surface area (Å²) in [4.78, 5) is 57.6. The normalized spacial score (nSPS) is 10.5. The van der Waals surface area contributed by atoms with Crippen LogP contribution in [-0.4, -0.2) is 47.7 Å². The highest BCUT2D eigenvalue weighted by Gasteiger charge is 2.15. The number of aromatic amines is 1. The van der Waals surface area contributed by atoms with Gasteiger partial charge in [0.25, 0.3) is 11.8 Å². The lowest BCUT2D eigenvalue weighted by molar-refractivity contribution is -0.121. The maximum atomic E-state index is 12.2. The van der Waals surface area contributed by atoms with Gasteiger partial charge in [-0.3, -0.25) is 19.2 Å². The first kappa shape index (κ1) is 21.3. The first-order valence-corrected chi connectivity index (χ1v) is 9.12. The molecule has 31 heavy (non-hydrogen) atoms. The largest absolute Gasteiger partial charge is 0.363 e. The number of hydrogen-bond acceptors (Lipinski definition) is 6. The van der Waals surface area contributed by atoms with Crippen LogP contribution in [0.1, 0.15) is 34.1 Å². The summed E-state index contributed by atoms with van der Waals surface area (Å²) in [6.45, 7) is 0. The molecule has 13 nitrogen and oxygen atoms in total. The van der Waals surface area contributed by atoms with E-state index in [0.29, 0.717) is 11.5 Å². The Morgan fingerprint density at radius 1 is 1.03 bits per heavy atom. The zero-order valence-corrected chi connectivity index (χ0v) is 16.8. The predicted molar refractivity (Wildman–Crippen MR) is 110 cm³/mol. The van der Waals surface area contributed by atoms with Crippen LogP contribution in [0, 0.1) is 0 Å². The van der Waals surface area contributed by atoms with Crippen LogP contribution in [0.3, 0.4) is 0 Å². The number of carbonyl (C=O) groups excluding carboxylic acids is 4. The van der Waals surface area contributed by atoms with E-state index in [1.807, 2.05) is 0 Å². The molecule has 0 aliphatic rings. The van der Waals surface area contributed by atoms with E-state index in [9.17, 15) is 19.2 Å². The van der Waals surface area contributed by atoms with E-state index in [0.717, 1.165) is 0 Å². The molecule has 3 aromatic heterocycles. The van der Waals surface area contributed by atoms with E-state index < -0.39 is 11.8 Å². The molecule has 0 aliphatic carbocycles. The average Bonchev–Trinajstić information content (AvgIpc) is 3.41. The average molecular weight is 427 g/mol. The monoisotopic (exact) mass is 427 g/mol. The van der Waals surface area contributed by atoms with Crippen LogP contribution in [0.4, 0.5) is 17.3 Å². The Kier molecular flexibility index (Phi) is 6.14. The highest BCUT2D eigenvalue weighted by Crippen LogP contribution is 2.18. The van der Waals surface area contributed by atoms with Crippen LogP contribution in [0.5, 0.6) is 0 Å². The molecule has 6 N–H and O–H groups in total. The third-order valence-corrected chi connectivity index (χ3v) is 4.22. The van der Waals surface area contributed by atoms with Crippen molar-refractivity contribution < 1.29 is 19.2 Å². The summed E-state index contributed by atoms with van der Waals surface area (Å²) in [5.74, 6) is -1.15. The van der Waals surface area contributed by atoms with Crippen molar-refractivity contribution in [2.75, 3.05) is 16.0 Å². The zero-order valence-electron chi connectivity index (χ0n) is 16.8. The van der Waals surface area contributed by atoms with Crippen molar-refractivity contribution in [1.29, 1.82) is 0 Å². The fourth-order valence-electron chi connectivity index (χ4n) is 2.68. The number of carbonyl (C=O) groups is 4. The fraction of sp³-hybridized carbons (Fsp3) is 0.222. The number of aryl methyl sites for hydroxylation is 2. The summed E-state index contributed by atoms with van der Waals surface area (Å²) in [6.07, 6.45) is 5.89. The van der Waals surface area contributed by atoms with E-state index in [1.54, 1.807) is 41.7 Å². The van der Waals surface area contributed by atoms with Gasteiger partial charge in [0.2, 0.25) is 11.8 Å². The molecular weight excluding hydrogens is 406 g/mol. The number of nitrogens with two attached hydrogens (primary N) is 1. The second-order valence-corrected chi connectivity index (χ2v) is 6.65.